The molecule has 4 atom stereocenters. The number of benzene rings is 1. The lowest BCUT2D eigenvalue weighted by molar-refractivity contribution is -0.199. The molecule has 1 spiro atoms. The molecule has 4 aliphatic rings. The number of hydrogen-bond acceptors (Lipinski definition) is 8. The predicted molar refractivity (Wildman–Crippen MR) is 129 cm³/mol. The van der Waals surface area contributed by atoms with Gasteiger partial charge in [-0.1, -0.05) is 31.0 Å². The molecule has 5 heterocycles. The fourth-order valence-electron chi connectivity index (χ4n) is 6.58. The maximum atomic E-state index is 9.90. The minimum absolute atomic E-state index is 0.139. The predicted octanol–water partition coefficient (Wildman–Crippen LogP) is 3.85. The average molecular weight is 498 g/mol. The molecule has 1 unspecified atom stereocenters. The highest BCUT2D eigenvalue weighted by molar-refractivity contribution is 6.28. The van der Waals surface area contributed by atoms with Crippen LogP contribution >= 0.6 is 11.6 Å². The van der Waals surface area contributed by atoms with Gasteiger partial charge in [0, 0.05) is 17.6 Å². The third-order valence-corrected chi connectivity index (χ3v) is 8.17. The first-order valence-corrected chi connectivity index (χ1v) is 12.7. The van der Waals surface area contributed by atoms with E-state index in [-0.39, 0.29) is 23.4 Å². The largest absolute Gasteiger partial charge is 0.394 e. The number of fused-ring (bicyclic) bond motifs is 4. The van der Waals surface area contributed by atoms with Crippen LogP contribution in [0.1, 0.15) is 51.3 Å². The Bertz CT molecular complexity index is 1310. The monoisotopic (exact) mass is 497 g/mol. The Hall–Kier alpha value is -2.30. The maximum Gasteiger partial charge on any atom is 0.226 e. The van der Waals surface area contributed by atoms with Crippen LogP contribution in [0.4, 0.5) is 11.5 Å². The van der Waals surface area contributed by atoms with Crippen molar-refractivity contribution in [1.82, 2.24) is 19.5 Å². The number of ether oxygens (including phenoxy) is 3. The Kier molecular flexibility index (Phi) is 4.76. The zero-order chi connectivity index (χ0) is 23.9. The molecule has 1 aliphatic carbocycles. The van der Waals surface area contributed by atoms with Gasteiger partial charge >= 0.3 is 0 Å². The molecule has 7 rings (SSSR count). The van der Waals surface area contributed by atoms with Crippen molar-refractivity contribution < 1.29 is 19.3 Å². The first kappa shape index (κ1) is 21.9. The van der Waals surface area contributed by atoms with Gasteiger partial charge in [-0.2, -0.15) is 9.97 Å². The minimum atomic E-state index is -0.770. The van der Waals surface area contributed by atoms with E-state index in [1.54, 1.807) is 6.33 Å². The Morgan fingerprint density at radius 2 is 1.89 bits per heavy atom. The SMILES string of the molecule is CC1(C)OC2[C@@H](CO)O[C@@H](n3cnc4c(N5CC6(CCCC6)c6ccccc65)nc(Cl)nc43)[C@H]2O1. The number of aliphatic hydroxyl groups excluding tert-OH is 1. The van der Waals surface area contributed by atoms with Crippen LogP contribution in [0.3, 0.4) is 0 Å². The van der Waals surface area contributed by atoms with Crippen LogP contribution in [-0.4, -0.2) is 61.9 Å². The van der Waals surface area contributed by atoms with Gasteiger partial charge in [-0.05, 0) is 49.9 Å². The van der Waals surface area contributed by atoms with Crippen LogP contribution in [0.15, 0.2) is 30.6 Å². The number of imidazole rings is 1. The Balaban J connectivity index is 1.33. The second kappa shape index (κ2) is 7.60. The molecule has 3 aromatic rings. The van der Waals surface area contributed by atoms with Gasteiger partial charge in [-0.15, -0.1) is 0 Å². The van der Waals surface area contributed by atoms with Gasteiger partial charge in [-0.3, -0.25) is 4.57 Å². The van der Waals surface area contributed by atoms with Crippen LogP contribution in [0.5, 0.6) is 0 Å². The average Bonchev–Trinajstić information content (AvgIpc) is 3.63. The van der Waals surface area contributed by atoms with Crippen molar-refractivity contribution in [1.29, 1.82) is 0 Å². The molecule has 184 valence electrons. The summed E-state index contributed by atoms with van der Waals surface area (Å²) >= 11 is 6.50. The molecule has 0 radical (unpaired) electrons. The lowest BCUT2D eigenvalue weighted by atomic mass is 9.81. The Labute approximate surface area is 208 Å². The van der Waals surface area contributed by atoms with Gasteiger partial charge in [0.2, 0.25) is 5.28 Å². The number of para-hydroxylation sites is 1. The number of halogens is 1. The number of rotatable bonds is 3. The van der Waals surface area contributed by atoms with Crippen molar-refractivity contribution in [3.8, 4) is 0 Å². The van der Waals surface area contributed by atoms with Crippen LogP contribution in [0.2, 0.25) is 5.28 Å². The fourth-order valence-corrected chi connectivity index (χ4v) is 6.74. The topological polar surface area (TPSA) is 94.8 Å². The number of nitrogens with zero attached hydrogens (tertiary/aromatic N) is 5. The molecule has 0 bridgehead atoms. The van der Waals surface area contributed by atoms with Crippen molar-refractivity contribution in [2.24, 2.45) is 0 Å². The highest BCUT2D eigenvalue weighted by Gasteiger charge is 2.56. The third-order valence-electron chi connectivity index (χ3n) is 8.00. The van der Waals surface area contributed by atoms with Crippen LogP contribution < -0.4 is 4.90 Å². The Morgan fingerprint density at radius 1 is 1.11 bits per heavy atom. The molecule has 35 heavy (non-hydrogen) atoms. The van der Waals surface area contributed by atoms with E-state index in [0.29, 0.717) is 17.0 Å². The highest BCUT2D eigenvalue weighted by atomic mass is 35.5. The summed E-state index contributed by atoms with van der Waals surface area (Å²) < 4.78 is 20.2. The van der Waals surface area contributed by atoms with Gasteiger partial charge in [0.25, 0.3) is 0 Å². The van der Waals surface area contributed by atoms with E-state index < -0.39 is 24.2 Å². The number of aromatic nitrogens is 4. The highest BCUT2D eigenvalue weighted by Crippen LogP contribution is 2.53. The van der Waals surface area contributed by atoms with Gasteiger partial charge in [-0.25, -0.2) is 4.98 Å². The molecule has 0 amide bonds. The summed E-state index contributed by atoms with van der Waals surface area (Å²) in [5.41, 5.74) is 3.91. The molecule has 9 nitrogen and oxygen atoms in total. The lowest BCUT2D eigenvalue weighted by Crippen LogP contribution is -2.31. The molecule has 3 fully saturated rings. The molecule has 1 N–H and O–H groups in total. The molecule has 2 aromatic heterocycles. The Morgan fingerprint density at radius 3 is 2.69 bits per heavy atom. The van der Waals surface area contributed by atoms with Crippen molar-refractivity contribution >= 4 is 34.3 Å². The lowest BCUT2D eigenvalue weighted by Gasteiger charge is -2.25. The molecule has 10 heteroatoms. The summed E-state index contributed by atoms with van der Waals surface area (Å²) in [4.78, 5) is 16.2. The van der Waals surface area contributed by atoms with E-state index >= 15 is 0 Å². The fraction of sp³-hybridized carbons (Fsp3) is 0.560. The van der Waals surface area contributed by atoms with Crippen LogP contribution in [0, 0.1) is 0 Å². The second-order valence-electron chi connectivity index (χ2n) is 10.5. The van der Waals surface area contributed by atoms with Crippen LogP contribution in [-0.2, 0) is 19.6 Å². The molecule has 1 saturated carbocycles. The van der Waals surface area contributed by atoms with E-state index in [1.807, 2.05) is 18.4 Å². The summed E-state index contributed by atoms with van der Waals surface area (Å²) in [5.74, 6) is -0.0690. The maximum absolute atomic E-state index is 9.90. The molecular formula is C25H28ClN5O4. The van der Waals surface area contributed by atoms with Crippen molar-refractivity contribution in [3.63, 3.8) is 0 Å². The van der Waals surface area contributed by atoms with Gasteiger partial charge in [0.15, 0.2) is 29.0 Å². The second-order valence-corrected chi connectivity index (χ2v) is 10.9. The molecule has 2 saturated heterocycles. The van der Waals surface area contributed by atoms with E-state index in [4.69, 9.17) is 30.8 Å². The van der Waals surface area contributed by atoms with Gasteiger partial charge in [0.1, 0.15) is 18.3 Å². The molecule has 1 aromatic carbocycles. The summed E-state index contributed by atoms with van der Waals surface area (Å²) in [6, 6.07) is 8.60. The van der Waals surface area contributed by atoms with E-state index in [2.05, 4.69) is 39.1 Å². The van der Waals surface area contributed by atoms with Crippen LogP contribution in [0.25, 0.3) is 11.2 Å². The normalized spacial score (nSPS) is 30.5. The van der Waals surface area contributed by atoms with Crippen molar-refractivity contribution in [2.75, 3.05) is 18.1 Å². The summed E-state index contributed by atoms with van der Waals surface area (Å²) in [7, 11) is 0. The van der Waals surface area contributed by atoms with Gasteiger partial charge < -0.3 is 24.2 Å². The first-order chi connectivity index (χ1) is 16.9. The molecular weight excluding hydrogens is 470 g/mol. The van der Waals surface area contributed by atoms with E-state index in [1.165, 1.54) is 31.2 Å². The number of anilines is 2. The standard InChI is InChI=1S/C25H28ClN5O4/c1-24(2)34-18-16(11-32)33-22(19(18)35-24)31-13-27-17-20(28-23(26)29-21(17)31)30-12-25(9-5-6-10-25)14-7-3-4-8-15(14)30/h3-4,7-8,13,16,18-19,22,32H,5-6,9-12H2,1-2H3/t16-,18?,19+,22-/m1/s1. The molecule has 3 aliphatic heterocycles. The third kappa shape index (κ3) is 3.18. The van der Waals surface area contributed by atoms with E-state index in [0.717, 1.165) is 12.2 Å². The number of hydrogen-bond donors (Lipinski definition) is 1. The van der Waals surface area contributed by atoms with Gasteiger partial charge in [0.05, 0.1) is 12.9 Å². The summed E-state index contributed by atoms with van der Waals surface area (Å²) in [6.45, 7) is 4.41. The van der Waals surface area contributed by atoms with Crippen molar-refractivity contribution in [3.05, 3.63) is 41.4 Å². The minimum Gasteiger partial charge on any atom is -0.394 e. The quantitative estimate of drug-likeness (QED) is 0.545. The van der Waals surface area contributed by atoms with Crippen molar-refractivity contribution in [2.45, 2.75) is 75.3 Å². The zero-order valence-electron chi connectivity index (χ0n) is 19.7. The smallest absolute Gasteiger partial charge is 0.226 e. The van der Waals surface area contributed by atoms with E-state index in [9.17, 15) is 5.11 Å². The summed E-state index contributed by atoms with van der Waals surface area (Å²) in [5, 5.41) is 10.0. The summed E-state index contributed by atoms with van der Waals surface area (Å²) in [6.07, 6.45) is 4.65. The first-order valence-electron chi connectivity index (χ1n) is 12.3. The zero-order valence-corrected chi connectivity index (χ0v) is 20.5. The number of aliphatic hydroxyl groups is 1.